The van der Waals surface area contributed by atoms with Gasteiger partial charge in [0.05, 0.1) is 0 Å². The zero-order valence-corrected chi connectivity index (χ0v) is 11.6. The average molecular weight is 252 g/mol. The van der Waals surface area contributed by atoms with Crippen molar-refractivity contribution >= 4 is 6.29 Å². The average Bonchev–Trinajstić information content (AvgIpc) is 2.43. The van der Waals surface area contributed by atoms with Crippen molar-refractivity contribution in [2.24, 2.45) is 0 Å². The first kappa shape index (κ1) is 18.9. The lowest BCUT2D eigenvalue weighted by molar-refractivity contribution is -0.123. The number of hydrogen-bond donors (Lipinski definition) is 0. The highest BCUT2D eigenvalue weighted by Gasteiger charge is 1.94. The summed E-state index contributed by atoms with van der Waals surface area (Å²) in [6, 6.07) is 9.10. The van der Waals surface area contributed by atoms with E-state index >= 15 is 0 Å². The van der Waals surface area contributed by atoms with E-state index in [1.807, 2.05) is 39.0 Å². The van der Waals surface area contributed by atoms with E-state index in [1.165, 1.54) is 0 Å². The quantitative estimate of drug-likeness (QED) is 0.455. The largest absolute Gasteiger partial charge is 0.353 e. The monoisotopic (exact) mass is 252 g/mol. The van der Waals surface area contributed by atoms with Crippen LogP contribution in [-0.2, 0) is 9.47 Å². The fraction of sp³-hybridized carbons (Fsp3) is 0.400. The molecule has 0 saturated heterocycles. The smallest absolute Gasteiger partial charge is 0.154 e. The van der Waals surface area contributed by atoms with Crippen LogP contribution in [0.2, 0.25) is 0 Å². The van der Waals surface area contributed by atoms with Gasteiger partial charge in [-0.25, -0.2) is 0 Å². The van der Waals surface area contributed by atoms with Crippen LogP contribution in [0.5, 0.6) is 0 Å². The molecule has 0 amide bonds. The molecule has 3 nitrogen and oxygen atoms in total. The molecule has 1 aromatic rings. The van der Waals surface area contributed by atoms with Crippen LogP contribution in [-0.4, -0.2) is 25.8 Å². The Hall–Kier alpha value is -1.45. The van der Waals surface area contributed by atoms with Gasteiger partial charge in [-0.2, -0.15) is 0 Å². The van der Waals surface area contributed by atoms with E-state index in [2.05, 4.69) is 13.2 Å². The summed E-state index contributed by atoms with van der Waals surface area (Å²) in [5.41, 5.74) is 0.729. The van der Waals surface area contributed by atoms with Crippen molar-refractivity contribution in [3.05, 3.63) is 49.1 Å². The standard InChI is InChI=1S/C7H6O.C6H14O2.C2H4/c8-6-7-4-2-1-3-5-7;1-4-7-6(3)8-5-2;1-2/h1-6H;6H,4-5H2,1-3H3;1-2H2. The Labute approximate surface area is 110 Å². The number of carbonyl (C=O) groups is 1. The van der Waals surface area contributed by atoms with Crippen LogP contribution < -0.4 is 0 Å². The first-order chi connectivity index (χ1) is 8.74. The minimum atomic E-state index is -0.0370. The van der Waals surface area contributed by atoms with E-state index in [-0.39, 0.29) is 6.29 Å². The lowest BCUT2D eigenvalue weighted by atomic mass is 10.2. The second-order valence-corrected chi connectivity index (χ2v) is 3.01. The van der Waals surface area contributed by atoms with Crippen molar-refractivity contribution in [1.82, 2.24) is 0 Å². The summed E-state index contributed by atoms with van der Waals surface area (Å²) in [4.78, 5) is 10.0. The molecule has 0 spiro atoms. The molecule has 18 heavy (non-hydrogen) atoms. The van der Waals surface area contributed by atoms with Gasteiger partial charge in [-0.1, -0.05) is 30.3 Å². The highest BCUT2D eigenvalue weighted by atomic mass is 16.7. The minimum absolute atomic E-state index is 0.0370. The SMILES string of the molecule is C=C.CCOC(C)OCC.O=Cc1ccccc1. The molecule has 0 bridgehead atoms. The third-order valence-corrected chi connectivity index (χ3v) is 1.74. The molecule has 0 aliphatic rings. The molecular formula is C15H24O3. The van der Waals surface area contributed by atoms with Crippen molar-refractivity contribution in [3.63, 3.8) is 0 Å². The maximum absolute atomic E-state index is 10.0. The molecule has 0 unspecified atom stereocenters. The minimum Gasteiger partial charge on any atom is -0.353 e. The topological polar surface area (TPSA) is 35.5 Å². The van der Waals surface area contributed by atoms with Crippen LogP contribution in [0.15, 0.2) is 43.5 Å². The second kappa shape index (κ2) is 15.6. The Balaban J connectivity index is 0. The van der Waals surface area contributed by atoms with Crippen molar-refractivity contribution in [1.29, 1.82) is 0 Å². The maximum atomic E-state index is 10.0. The predicted octanol–water partition coefficient (Wildman–Crippen LogP) is 3.71. The van der Waals surface area contributed by atoms with Crippen LogP contribution in [0.3, 0.4) is 0 Å². The molecule has 0 radical (unpaired) electrons. The molecule has 1 rings (SSSR count). The van der Waals surface area contributed by atoms with Gasteiger partial charge in [-0.05, 0) is 20.8 Å². The number of ether oxygens (including phenoxy) is 2. The summed E-state index contributed by atoms with van der Waals surface area (Å²) in [7, 11) is 0. The Morgan fingerprint density at radius 2 is 1.56 bits per heavy atom. The van der Waals surface area contributed by atoms with E-state index in [1.54, 1.807) is 12.1 Å². The number of aldehydes is 1. The Morgan fingerprint density at radius 1 is 1.11 bits per heavy atom. The first-order valence-electron chi connectivity index (χ1n) is 5.98. The van der Waals surface area contributed by atoms with Crippen LogP contribution in [0, 0.1) is 0 Å². The number of hydrogen-bond acceptors (Lipinski definition) is 3. The Bertz CT molecular complexity index is 266. The summed E-state index contributed by atoms with van der Waals surface area (Å²) < 4.78 is 10.1. The van der Waals surface area contributed by atoms with Crippen molar-refractivity contribution in [2.75, 3.05) is 13.2 Å². The maximum Gasteiger partial charge on any atom is 0.154 e. The normalized spacial score (nSPS) is 8.67. The fourth-order valence-corrected chi connectivity index (χ4v) is 1.05. The van der Waals surface area contributed by atoms with E-state index in [4.69, 9.17) is 9.47 Å². The van der Waals surface area contributed by atoms with Gasteiger partial charge in [0, 0.05) is 18.8 Å². The number of rotatable bonds is 5. The molecule has 0 aliphatic heterocycles. The lowest BCUT2D eigenvalue weighted by Gasteiger charge is -2.09. The summed E-state index contributed by atoms with van der Waals surface area (Å²) in [6.45, 7) is 13.3. The zero-order chi connectivity index (χ0) is 14.2. The number of benzene rings is 1. The Kier molecular flexibility index (Phi) is 16.3. The van der Waals surface area contributed by atoms with Crippen LogP contribution >= 0.6 is 0 Å². The molecule has 102 valence electrons. The van der Waals surface area contributed by atoms with E-state index in [0.717, 1.165) is 25.1 Å². The van der Waals surface area contributed by atoms with E-state index in [9.17, 15) is 4.79 Å². The van der Waals surface area contributed by atoms with Gasteiger partial charge in [-0.3, -0.25) is 4.79 Å². The fourth-order valence-electron chi connectivity index (χ4n) is 1.05. The van der Waals surface area contributed by atoms with Gasteiger partial charge in [0.1, 0.15) is 6.29 Å². The molecule has 0 N–H and O–H groups in total. The highest BCUT2D eigenvalue weighted by molar-refractivity contribution is 5.74. The Morgan fingerprint density at radius 3 is 1.83 bits per heavy atom. The highest BCUT2D eigenvalue weighted by Crippen LogP contribution is 1.91. The van der Waals surface area contributed by atoms with Gasteiger partial charge >= 0.3 is 0 Å². The lowest BCUT2D eigenvalue weighted by Crippen LogP contribution is -2.11. The van der Waals surface area contributed by atoms with E-state index in [0.29, 0.717) is 0 Å². The molecule has 1 aromatic carbocycles. The van der Waals surface area contributed by atoms with Gasteiger partial charge < -0.3 is 9.47 Å². The molecule has 0 aliphatic carbocycles. The van der Waals surface area contributed by atoms with E-state index < -0.39 is 0 Å². The van der Waals surface area contributed by atoms with Crippen molar-refractivity contribution < 1.29 is 14.3 Å². The molecule has 0 atom stereocenters. The molecule has 0 heterocycles. The number of carbonyl (C=O) groups excluding carboxylic acids is 1. The van der Waals surface area contributed by atoms with Crippen molar-refractivity contribution in [2.45, 2.75) is 27.1 Å². The summed E-state index contributed by atoms with van der Waals surface area (Å²) in [6.07, 6.45) is 0.796. The van der Waals surface area contributed by atoms with Crippen LogP contribution in [0.4, 0.5) is 0 Å². The predicted molar refractivity (Wildman–Crippen MR) is 75.8 cm³/mol. The molecular weight excluding hydrogens is 228 g/mol. The molecule has 0 fully saturated rings. The van der Waals surface area contributed by atoms with Gasteiger partial charge in [0.2, 0.25) is 0 Å². The summed E-state index contributed by atoms with van der Waals surface area (Å²) >= 11 is 0. The summed E-state index contributed by atoms with van der Waals surface area (Å²) in [5, 5.41) is 0. The summed E-state index contributed by atoms with van der Waals surface area (Å²) in [5.74, 6) is 0. The van der Waals surface area contributed by atoms with Gasteiger partial charge in [-0.15, -0.1) is 13.2 Å². The third kappa shape index (κ3) is 12.6. The van der Waals surface area contributed by atoms with Crippen molar-refractivity contribution in [3.8, 4) is 0 Å². The molecule has 3 heteroatoms. The van der Waals surface area contributed by atoms with Crippen LogP contribution in [0.25, 0.3) is 0 Å². The zero-order valence-electron chi connectivity index (χ0n) is 11.6. The first-order valence-corrected chi connectivity index (χ1v) is 5.98. The molecule has 0 aromatic heterocycles. The van der Waals surface area contributed by atoms with Crippen LogP contribution in [0.1, 0.15) is 31.1 Å². The second-order valence-electron chi connectivity index (χ2n) is 3.01. The molecule has 0 saturated carbocycles. The third-order valence-electron chi connectivity index (χ3n) is 1.74. The van der Waals surface area contributed by atoms with Gasteiger partial charge in [0.25, 0.3) is 0 Å². The van der Waals surface area contributed by atoms with Gasteiger partial charge in [0.15, 0.2) is 6.29 Å².